The molecule has 0 aromatic heterocycles. The fraction of sp³-hybridized carbons (Fsp3) is 0.455. The van der Waals surface area contributed by atoms with Crippen molar-refractivity contribution < 1.29 is 13.5 Å². The molecule has 17 heavy (non-hydrogen) atoms. The molecule has 6 heteroatoms. The molecular weight excluding hydrogens is 306 g/mol. The summed E-state index contributed by atoms with van der Waals surface area (Å²) in [6.45, 7) is 0.586. The number of benzene rings is 1. The van der Waals surface area contributed by atoms with Gasteiger partial charge in [0.2, 0.25) is 10.0 Å². The number of halogens is 1. The Bertz CT molecular complexity index is 503. The van der Waals surface area contributed by atoms with Crippen molar-refractivity contribution in [3.05, 3.63) is 29.8 Å². The van der Waals surface area contributed by atoms with Crippen LogP contribution in [0.1, 0.15) is 12.0 Å². The van der Waals surface area contributed by atoms with E-state index in [4.69, 9.17) is 0 Å². The van der Waals surface area contributed by atoms with Crippen LogP contribution in [0.4, 0.5) is 0 Å². The van der Waals surface area contributed by atoms with Crippen molar-refractivity contribution in [2.75, 3.05) is 13.1 Å². The molecule has 1 aromatic rings. The lowest BCUT2D eigenvalue weighted by atomic mass is 10.2. The molecule has 4 nitrogen and oxygen atoms in total. The first-order chi connectivity index (χ1) is 8.04. The third kappa shape index (κ3) is 2.70. The van der Waals surface area contributed by atoms with Crippen LogP contribution in [0.2, 0.25) is 0 Å². The van der Waals surface area contributed by atoms with Crippen molar-refractivity contribution in [1.29, 1.82) is 0 Å². The average Bonchev–Trinajstić information content (AvgIpc) is 2.76. The lowest BCUT2D eigenvalue weighted by Gasteiger charge is -2.16. The molecular formula is C11H14BrNO3S. The number of hydrogen-bond donors (Lipinski definition) is 1. The highest BCUT2D eigenvalue weighted by Gasteiger charge is 2.31. The van der Waals surface area contributed by atoms with Crippen molar-refractivity contribution in [3.8, 4) is 0 Å². The van der Waals surface area contributed by atoms with Gasteiger partial charge < -0.3 is 5.11 Å². The topological polar surface area (TPSA) is 57.6 Å². The normalized spacial score (nSPS) is 21.9. The van der Waals surface area contributed by atoms with E-state index >= 15 is 0 Å². The summed E-state index contributed by atoms with van der Waals surface area (Å²) in [7, 11) is -3.45. The predicted octanol–water partition coefficient (Wildman–Crippen LogP) is 1.34. The minimum atomic E-state index is -3.45. The molecule has 1 aliphatic rings. The van der Waals surface area contributed by atoms with Gasteiger partial charge in [-0.2, -0.15) is 4.31 Å². The zero-order valence-electron chi connectivity index (χ0n) is 9.21. The third-order valence-electron chi connectivity index (χ3n) is 2.82. The maximum Gasteiger partial charge on any atom is 0.243 e. The number of sulfonamides is 1. The SMILES string of the molecule is O=S(=O)(c1cccc(CBr)c1)N1CCC(O)C1. The molecule has 0 bridgehead atoms. The zero-order valence-corrected chi connectivity index (χ0v) is 11.6. The molecule has 0 aliphatic carbocycles. The molecule has 1 aliphatic heterocycles. The monoisotopic (exact) mass is 319 g/mol. The van der Waals surface area contributed by atoms with Crippen LogP contribution in [-0.2, 0) is 15.4 Å². The van der Waals surface area contributed by atoms with Gasteiger partial charge in [0.25, 0.3) is 0 Å². The van der Waals surface area contributed by atoms with Gasteiger partial charge in [0.15, 0.2) is 0 Å². The molecule has 1 fully saturated rings. The third-order valence-corrected chi connectivity index (χ3v) is 5.33. The number of nitrogens with zero attached hydrogens (tertiary/aromatic N) is 1. The highest BCUT2D eigenvalue weighted by Crippen LogP contribution is 2.22. The second-order valence-electron chi connectivity index (χ2n) is 4.09. The Kier molecular flexibility index (Phi) is 3.87. The molecule has 0 spiro atoms. The van der Waals surface area contributed by atoms with Gasteiger partial charge in [0, 0.05) is 18.4 Å². The van der Waals surface area contributed by atoms with Gasteiger partial charge >= 0.3 is 0 Å². The fourth-order valence-corrected chi connectivity index (χ4v) is 3.78. The first-order valence-corrected chi connectivity index (χ1v) is 7.93. The van der Waals surface area contributed by atoms with Crippen molar-refractivity contribution in [2.45, 2.75) is 22.8 Å². The fourth-order valence-electron chi connectivity index (χ4n) is 1.87. The van der Waals surface area contributed by atoms with E-state index in [1.165, 1.54) is 4.31 Å². The summed E-state index contributed by atoms with van der Waals surface area (Å²) in [5.74, 6) is 0. The Balaban J connectivity index is 2.31. The summed E-state index contributed by atoms with van der Waals surface area (Å²) >= 11 is 3.30. The van der Waals surface area contributed by atoms with Crippen LogP contribution in [0.15, 0.2) is 29.2 Å². The summed E-state index contributed by atoms with van der Waals surface area (Å²) in [5, 5.41) is 10.0. The Hall–Kier alpha value is -0.430. The molecule has 0 saturated carbocycles. The van der Waals surface area contributed by atoms with E-state index in [9.17, 15) is 13.5 Å². The molecule has 0 amide bonds. The number of β-amino-alcohol motifs (C(OH)–C–C–N with tert-alkyl or cyclic N) is 1. The molecule has 2 rings (SSSR count). The highest BCUT2D eigenvalue weighted by atomic mass is 79.9. The molecule has 0 radical (unpaired) electrons. The van der Waals surface area contributed by atoms with Gasteiger partial charge in [-0.15, -0.1) is 0 Å². The smallest absolute Gasteiger partial charge is 0.243 e. The van der Waals surface area contributed by atoms with Crippen LogP contribution in [0, 0.1) is 0 Å². The lowest BCUT2D eigenvalue weighted by molar-refractivity contribution is 0.189. The molecule has 94 valence electrons. The van der Waals surface area contributed by atoms with E-state index in [1.807, 2.05) is 6.07 Å². The van der Waals surface area contributed by atoms with E-state index in [-0.39, 0.29) is 6.54 Å². The Morgan fingerprint density at radius 3 is 2.82 bits per heavy atom. The van der Waals surface area contributed by atoms with Gasteiger partial charge in [-0.1, -0.05) is 28.1 Å². The van der Waals surface area contributed by atoms with E-state index in [1.54, 1.807) is 18.2 Å². The van der Waals surface area contributed by atoms with Crippen LogP contribution < -0.4 is 0 Å². The van der Waals surface area contributed by atoms with E-state index in [0.717, 1.165) is 5.56 Å². The summed E-state index contributed by atoms with van der Waals surface area (Å²) < 4.78 is 25.8. The number of aliphatic hydroxyl groups excluding tert-OH is 1. The highest BCUT2D eigenvalue weighted by molar-refractivity contribution is 9.08. The number of rotatable bonds is 3. The maximum atomic E-state index is 12.2. The molecule has 1 heterocycles. The number of alkyl halides is 1. The largest absolute Gasteiger partial charge is 0.392 e. The Morgan fingerprint density at radius 2 is 2.24 bits per heavy atom. The van der Waals surface area contributed by atoms with Gasteiger partial charge in [0.1, 0.15) is 0 Å². The predicted molar refractivity (Wildman–Crippen MR) is 68.5 cm³/mol. The minimum absolute atomic E-state index is 0.195. The lowest BCUT2D eigenvalue weighted by Crippen LogP contribution is -2.29. The van der Waals surface area contributed by atoms with Crippen molar-refractivity contribution in [3.63, 3.8) is 0 Å². The number of aliphatic hydroxyl groups is 1. The van der Waals surface area contributed by atoms with Crippen LogP contribution in [0.3, 0.4) is 0 Å². The second kappa shape index (κ2) is 5.06. The molecule has 1 atom stereocenters. The van der Waals surface area contributed by atoms with Crippen LogP contribution in [0.5, 0.6) is 0 Å². The quantitative estimate of drug-likeness (QED) is 0.855. The van der Waals surface area contributed by atoms with Crippen molar-refractivity contribution >= 4 is 26.0 Å². The minimum Gasteiger partial charge on any atom is -0.392 e. The van der Waals surface area contributed by atoms with E-state index in [2.05, 4.69) is 15.9 Å². The number of hydrogen-bond acceptors (Lipinski definition) is 3. The summed E-state index contributed by atoms with van der Waals surface area (Å²) in [4.78, 5) is 0.295. The molecule has 1 aromatic carbocycles. The average molecular weight is 320 g/mol. The Morgan fingerprint density at radius 1 is 1.47 bits per heavy atom. The van der Waals surface area contributed by atoms with Gasteiger partial charge in [0.05, 0.1) is 11.0 Å². The first-order valence-electron chi connectivity index (χ1n) is 5.37. The van der Waals surface area contributed by atoms with Crippen LogP contribution in [0.25, 0.3) is 0 Å². The van der Waals surface area contributed by atoms with Gasteiger partial charge in [-0.3, -0.25) is 0 Å². The van der Waals surface area contributed by atoms with Crippen molar-refractivity contribution in [2.24, 2.45) is 0 Å². The summed E-state index contributed by atoms with van der Waals surface area (Å²) in [6, 6.07) is 6.85. The van der Waals surface area contributed by atoms with Gasteiger partial charge in [-0.05, 0) is 24.1 Å². The van der Waals surface area contributed by atoms with Crippen molar-refractivity contribution in [1.82, 2.24) is 4.31 Å². The molecule has 1 unspecified atom stereocenters. The van der Waals surface area contributed by atoms with Gasteiger partial charge in [-0.25, -0.2) is 8.42 Å². The molecule has 1 N–H and O–H groups in total. The standard InChI is InChI=1S/C11H14BrNO3S/c12-7-9-2-1-3-11(6-9)17(15,16)13-5-4-10(14)8-13/h1-3,6,10,14H,4-5,7-8H2. The first kappa shape index (κ1) is 13.0. The Labute approximate surface area is 109 Å². The summed E-state index contributed by atoms with van der Waals surface area (Å²) in [5.41, 5.74) is 0.922. The van der Waals surface area contributed by atoms with E-state index < -0.39 is 16.1 Å². The van der Waals surface area contributed by atoms with Crippen LogP contribution >= 0.6 is 15.9 Å². The van der Waals surface area contributed by atoms with E-state index in [0.29, 0.717) is 23.2 Å². The summed E-state index contributed by atoms with van der Waals surface area (Å²) in [6.07, 6.45) is -0.0266. The maximum absolute atomic E-state index is 12.2. The second-order valence-corrected chi connectivity index (χ2v) is 6.59. The zero-order chi connectivity index (χ0) is 12.5. The molecule has 1 saturated heterocycles. The van der Waals surface area contributed by atoms with Crippen LogP contribution in [-0.4, -0.2) is 37.0 Å².